The van der Waals surface area contributed by atoms with Gasteiger partial charge in [-0.3, -0.25) is 4.40 Å². The molecule has 25 heavy (non-hydrogen) atoms. The fourth-order valence-corrected chi connectivity index (χ4v) is 2.56. The van der Waals surface area contributed by atoms with Crippen molar-refractivity contribution in [2.24, 2.45) is 0 Å². The minimum atomic E-state index is -0.838. The number of anilines is 1. The molecule has 0 saturated heterocycles. The first-order valence-electron chi connectivity index (χ1n) is 7.90. The quantitative estimate of drug-likeness (QED) is 0.741. The Hall–Kier alpha value is -3.03. The zero-order valence-corrected chi connectivity index (χ0v) is 13.5. The van der Waals surface area contributed by atoms with Crippen LogP contribution in [-0.4, -0.2) is 20.6 Å². The molecule has 130 valence electrons. The van der Waals surface area contributed by atoms with Crippen LogP contribution < -0.4 is 10.6 Å². The topological polar surface area (TPSA) is 71.3 Å². The van der Waals surface area contributed by atoms with Gasteiger partial charge in [-0.05, 0) is 30.7 Å². The second-order valence-electron chi connectivity index (χ2n) is 5.55. The van der Waals surface area contributed by atoms with E-state index < -0.39 is 23.7 Å². The summed E-state index contributed by atoms with van der Waals surface area (Å²) in [4.78, 5) is 12.2. The normalized spacial score (nSPS) is 12.1. The highest BCUT2D eigenvalue weighted by Crippen LogP contribution is 2.19. The van der Waals surface area contributed by atoms with Gasteiger partial charge in [0.25, 0.3) is 0 Å². The van der Waals surface area contributed by atoms with Crippen molar-refractivity contribution in [2.75, 3.05) is 5.32 Å². The largest absolute Gasteiger partial charge is 0.328 e. The van der Waals surface area contributed by atoms with Crippen LogP contribution in [0.1, 0.15) is 31.6 Å². The molecular weight excluding hydrogens is 328 g/mol. The Balaban J connectivity index is 1.78. The van der Waals surface area contributed by atoms with Gasteiger partial charge in [0.2, 0.25) is 0 Å². The lowest BCUT2D eigenvalue weighted by Gasteiger charge is -2.17. The molecule has 1 aromatic carbocycles. The third-order valence-electron chi connectivity index (χ3n) is 3.71. The summed E-state index contributed by atoms with van der Waals surface area (Å²) < 4.78 is 28.4. The summed E-state index contributed by atoms with van der Waals surface area (Å²) in [6.07, 6.45) is 3.25. The van der Waals surface area contributed by atoms with Crippen LogP contribution >= 0.6 is 0 Å². The summed E-state index contributed by atoms with van der Waals surface area (Å²) in [6.45, 7) is 1.98. The van der Waals surface area contributed by atoms with Crippen LogP contribution in [0.2, 0.25) is 0 Å². The molecule has 0 bridgehead atoms. The number of carbonyl (C=O) groups excluding carboxylic acids is 1. The van der Waals surface area contributed by atoms with Crippen LogP contribution in [0, 0.1) is 11.6 Å². The number of nitrogens with zero attached hydrogens (tertiary/aromatic N) is 3. The van der Waals surface area contributed by atoms with Crippen molar-refractivity contribution in [2.45, 2.75) is 25.8 Å². The molecule has 2 amide bonds. The minimum Gasteiger partial charge on any atom is -0.328 e. The highest BCUT2D eigenvalue weighted by Gasteiger charge is 2.20. The number of aromatic nitrogens is 3. The lowest BCUT2D eigenvalue weighted by atomic mass is 10.1. The van der Waals surface area contributed by atoms with E-state index in [2.05, 4.69) is 20.8 Å². The summed E-state index contributed by atoms with van der Waals surface area (Å²) in [6, 6.07) is 7.47. The van der Waals surface area contributed by atoms with Crippen LogP contribution in [0.5, 0.6) is 0 Å². The van der Waals surface area contributed by atoms with Gasteiger partial charge in [0.1, 0.15) is 11.6 Å². The molecule has 0 fully saturated rings. The average Bonchev–Trinajstić information content (AvgIpc) is 3.01. The number of hydrogen-bond donors (Lipinski definition) is 2. The fourth-order valence-electron chi connectivity index (χ4n) is 2.56. The van der Waals surface area contributed by atoms with Crippen LogP contribution in [0.4, 0.5) is 19.3 Å². The molecule has 2 N–H and O–H groups in total. The van der Waals surface area contributed by atoms with Crippen molar-refractivity contribution in [1.82, 2.24) is 19.9 Å². The number of rotatable bonds is 5. The Morgan fingerprint density at radius 3 is 2.84 bits per heavy atom. The molecule has 6 nitrogen and oxygen atoms in total. The van der Waals surface area contributed by atoms with E-state index in [0.717, 1.165) is 12.5 Å². The lowest BCUT2D eigenvalue weighted by Crippen LogP contribution is -2.33. The Morgan fingerprint density at radius 2 is 2.08 bits per heavy atom. The molecule has 0 spiro atoms. The number of carbonyl (C=O) groups is 1. The van der Waals surface area contributed by atoms with Gasteiger partial charge in [-0.15, -0.1) is 10.2 Å². The number of pyridine rings is 1. The van der Waals surface area contributed by atoms with Gasteiger partial charge in [-0.2, -0.15) is 0 Å². The van der Waals surface area contributed by atoms with Crippen LogP contribution in [0.15, 0.2) is 42.6 Å². The summed E-state index contributed by atoms with van der Waals surface area (Å²) in [5, 5.41) is 13.4. The van der Waals surface area contributed by atoms with Gasteiger partial charge in [0.15, 0.2) is 11.5 Å². The van der Waals surface area contributed by atoms with Gasteiger partial charge >= 0.3 is 6.03 Å². The highest BCUT2D eigenvalue weighted by molar-refractivity contribution is 5.89. The Kier molecular flexibility index (Phi) is 4.87. The van der Waals surface area contributed by atoms with Crippen LogP contribution in [-0.2, 0) is 0 Å². The Bertz CT molecular complexity index is 896. The third kappa shape index (κ3) is 3.73. The number of urea groups is 1. The molecule has 0 unspecified atom stereocenters. The van der Waals surface area contributed by atoms with Gasteiger partial charge in [-0.25, -0.2) is 13.6 Å². The van der Waals surface area contributed by atoms with Crippen molar-refractivity contribution in [3.63, 3.8) is 0 Å². The molecule has 0 radical (unpaired) electrons. The molecule has 2 aromatic heterocycles. The first-order valence-corrected chi connectivity index (χ1v) is 7.90. The highest BCUT2D eigenvalue weighted by atomic mass is 19.1. The number of halogens is 2. The zero-order valence-electron chi connectivity index (χ0n) is 13.5. The molecule has 3 aromatic rings. The summed E-state index contributed by atoms with van der Waals surface area (Å²) in [5.41, 5.74) is 0.575. The average molecular weight is 345 g/mol. The van der Waals surface area contributed by atoms with E-state index in [1.807, 2.05) is 31.3 Å². The number of nitrogens with one attached hydrogen (secondary N) is 2. The van der Waals surface area contributed by atoms with E-state index in [9.17, 15) is 13.6 Å². The summed E-state index contributed by atoms with van der Waals surface area (Å²) in [5.74, 6) is -0.954. The van der Waals surface area contributed by atoms with Gasteiger partial charge in [-0.1, -0.05) is 19.4 Å². The molecule has 3 rings (SSSR count). The van der Waals surface area contributed by atoms with E-state index in [1.54, 1.807) is 4.40 Å². The van der Waals surface area contributed by atoms with E-state index in [4.69, 9.17) is 0 Å². The zero-order chi connectivity index (χ0) is 17.8. The van der Waals surface area contributed by atoms with E-state index in [-0.39, 0.29) is 5.69 Å². The fraction of sp³-hybridized carbons (Fsp3) is 0.235. The molecule has 2 heterocycles. The molecule has 0 saturated carbocycles. The SMILES string of the molecule is CCC[C@H](NC(=O)Nc1ccc(F)cc1F)c1nnc2ccccn12. The van der Waals surface area contributed by atoms with Crippen molar-refractivity contribution in [3.8, 4) is 0 Å². The van der Waals surface area contributed by atoms with E-state index in [0.29, 0.717) is 24.0 Å². The second-order valence-corrected chi connectivity index (χ2v) is 5.55. The number of fused-ring (bicyclic) bond motifs is 1. The minimum absolute atomic E-state index is 0.0970. The maximum atomic E-state index is 13.7. The molecule has 0 aliphatic rings. The lowest BCUT2D eigenvalue weighted by molar-refractivity contribution is 0.247. The van der Waals surface area contributed by atoms with E-state index >= 15 is 0 Å². The van der Waals surface area contributed by atoms with Gasteiger partial charge in [0.05, 0.1) is 11.7 Å². The van der Waals surface area contributed by atoms with Crippen molar-refractivity contribution < 1.29 is 13.6 Å². The van der Waals surface area contributed by atoms with Crippen molar-refractivity contribution in [1.29, 1.82) is 0 Å². The van der Waals surface area contributed by atoms with Crippen LogP contribution in [0.25, 0.3) is 5.65 Å². The first-order chi connectivity index (χ1) is 12.1. The number of benzene rings is 1. The maximum Gasteiger partial charge on any atom is 0.319 e. The number of amides is 2. The molecule has 0 aliphatic carbocycles. The standard InChI is InChI=1S/C17H17F2N5O/c1-2-5-14(16-23-22-15-6-3-4-9-24(15)16)21-17(25)20-13-8-7-11(18)10-12(13)19/h3-4,6-10,14H,2,5H2,1H3,(H2,20,21,25)/t14-/m0/s1. The summed E-state index contributed by atoms with van der Waals surface area (Å²) >= 11 is 0. The Labute approximate surface area is 142 Å². The molecule has 0 aliphatic heterocycles. The van der Waals surface area contributed by atoms with Crippen molar-refractivity contribution in [3.05, 3.63) is 60.1 Å². The molecule has 1 atom stereocenters. The molecule has 8 heteroatoms. The van der Waals surface area contributed by atoms with Gasteiger partial charge < -0.3 is 10.6 Å². The van der Waals surface area contributed by atoms with E-state index in [1.165, 1.54) is 6.07 Å². The Morgan fingerprint density at radius 1 is 1.24 bits per heavy atom. The predicted molar refractivity (Wildman–Crippen MR) is 89.1 cm³/mol. The number of hydrogen-bond acceptors (Lipinski definition) is 3. The third-order valence-corrected chi connectivity index (χ3v) is 3.71. The monoisotopic (exact) mass is 345 g/mol. The second kappa shape index (κ2) is 7.25. The maximum absolute atomic E-state index is 13.7. The van der Waals surface area contributed by atoms with Crippen molar-refractivity contribution >= 4 is 17.4 Å². The predicted octanol–water partition coefficient (Wildman–Crippen LogP) is 3.67. The summed E-state index contributed by atoms with van der Waals surface area (Å²) in [7, 11) is 0. The smallest absolute Gasteiger partial charge is 0.319 e. The van der Waals surface area contributed by atoms with Crippen LogP contribution in [0.3, 0.4) is 0 Å². The molecular formula is C17H17F2N5O. The first kappa shape index (κ1) is 16.8. The van der Waals surface area contributed by atoms with Gasteiger partial charge in [0, 0.05) is 12.3 Å².